The van der Waals surface area contributed by atoms with E-state index in [1.807, 2.05) is 91.0 Å². The molecule has 426 valence electrons. The van der Waals surface area contributed by atoms with Crippen molar-refractivity contribution in [3.05, 3.63) is 174 Å². The van der Waals surface area contributed by atoms with Gasteiger partial charge in [0.1, 0.15) is 54.3 Å². The molecule has 5 aromatic rings. The summed E-state index contributed by atoms with van der Waals surface area (Å²) in [6, 6.07) is 51.4. The second-order valence-electron chi connectivity index (χ2n) is 25.7. The standard InChI is InChI=1S/C64H92O10SSi3/c1-62(2,3)76(10,11)72-55-52(45-65-41-47-31-21-16-22-32-47)70-60(58(74-78(14,15)64(7,8)9)57(55)73-77(12,13)63(4,5)6)69-46-53-54(66-42-48-33-23-17-24-34-48)56(67-43-49-35-25-18-26-36-49)59(68-44-50-37-27-19-28-38-50)61(71-53)75-51-39-29-20-30-40-51/h16-40,52-61H,41-46H2,1-15H3/t52-,53-,54-,55-,56+,57+,58-,59-,60+,61+/m1/s1. The predicted octanol–water partition coefficient (Wildman–Crippen LogP) is 15.4. The van der Waals surface area contributed by atoms with Crippen molar-refractivity contribution >= 4 is 36.7 Å². The van der Waals surface area contributed by atoms with Gasteiger partial charge in [0, 0.05) is 4.90 Å². The first-order chi connectivity index (χ1) is 36.8. The van der Waals surface area contributed by atoms with E-state index in [9.17, 15) is 0 Å². The van der Waals surface area contributed by atoms with Gasteiger partial charge in [-0.05, 0) is 88.8 Å². The van der Waals surface area contributed by atoms with E-state index < -0.39 is 85.5 Å². The lowest BCUT2D eigenvalue weighted by molar-refractivity contribution is -0.311. The molecular weight excluding hydrogens is 1050 g/mol. The molecule has 7 rings (SSSR count). The molecule has 0 aromatic heterocycles. The second kappa shape index (κ2) is 27.2. The highest BCUT2D eigenvalue weighted by atomic mass is 32.2. The Hall–Kier alpha value is -3.30. The van der Waals surface area contributed by atoms with Crippen LogP contribution in [0.15, 0.2) is 157 Å². The molecule has 2 aliphatic rings. The highest BCUT2D eigenvalue weighted by Gasteiger charge is 2.58. The van der Waals surface area contributed by atoms with Gasteiger partial charge in [-0.1, -0.05) is 214 Å². The maximum atomic E-state index is 7.79. The Labute approximate surface area is 476 Å². The molecule has 0 saturated carbocycles. The van der Waals surface area contributed by atoms with Crippen molar-refractivity contribution in [3.63, 3.8) is 0 Å². The molecular formula is C64H92O10SSi3. The van der Waals surface area contributed by atoms with Gasteiger partial charge in [-0.15, -0.1) is 0 Å². The van der Waals surface area contributed by atoms with Crippen molar-refractivity contribution in [2.24, 2.45) is 0 Å². The van der Waals surface area contributed by atoms with E-state index in [-0.39, 0.29) is 28.3 Å². The smallest absolute Gasteiger partial charge is 0.192 e. The molecule has 5 aromatic carbocycles. The molecule has 10 atom stereocenters. The van der Waals surface area contributed by atoms with E-state index in [1.165, 1.54) is 0 Å². The molecule has 2 heterocycles. The SMILES string of the molecule is CC(C)(C)[Si](C)(C)O[C@@H]1[C@@H](O[Si](C)(C)C(C)(C)C)[C@@H](OC[C@H]2O[C@@H](Sc3ccccc3)[C@H](OCc3ccccc3)[C@@H](OCc3ccccc3)[C@@H]2OCc2ccccc2)O[C@H](COCc2ccccc2)[C@H]1O[Si](C)(C)C(C)(C)C. The summed E-state index contributed by atoms with van der Waals surface area (Å²) in [5, 5.41) is -0.411. The van der Waals surface area contributed by atoms with Crippen LogP contribution in [0.4, 0.5) is 0 Å². The highest BCUT2D eigenvalue weighted by molar-refractivity contribution is 7.99. The van der Waals surface area contributed by atoms with Gasteiger partial charge in [0.15, 0.2) is 31.2 Å². The molecule has 0 N–H and O–H groups in total. The van der Waals surface area contributed by atoms with Crippen LogP contribution in [0.2, 0.25) is 54.4 Å². The Morgan fingerprint density at radius 2 is 0.731 bits per heavy atom. The minimum atomic E-state index is -2.60. The Kier molecular flexibility index (Phi) is 21.7. The van der Waals surface area contributed by atoms with E-state index in [0.717, 1.165) is 27.1 Å². The highest BCUT2D eigenvalue weighted by Crippen LogP contribution is 2.47. The largest absolute Gasteiger partial charge is 0.408 e. The first-order valence-electron chi connectivity index (χ1n) is 28.1. The van der Waals surface area contributed by atoms with Crippen LogP contribution < -0.4 is 0 Å². The lowest BCUT2D eigenvalue weighted by atomic mass is 9.98. The van der Waals surface area contributed by atoms with Gasteiger partial charge in [-0.25, -0.2) is 0 Å². The zero-order chi connectivity index (χ0) is 56.4. The van der Waals surface area contributed by atoms with Crippen LogP contribution in [0, 0.1) is 0 Å². The first-order valence-corrected chi connectivity index (χ1v) is 37.7. The number of thioether (sulfide) groups is 1. The third kappa shape index (κ3) is 16.9. The zero-order valence-electron chi connectivity index (χ0n) is 49.4. The fraction of sp³-hybridized carbons (Fsp3) is 0.531. The molecule has 0 radical (unpaired) electrons. The average Bonchev–Trinajstić information content (AvgIpc) is 3.45. The molecule has 2 fully saturated rings. The van der Waals surface area contributed by atoms with Crippen molar-refractivity contribution in [1.82, 2.24) is 0 Å². The third-order valence-electron chi connectivity index (χ3n) is 16.6. The molecule has 0 unspecified atom stereocenters. The summed E-state index contributed by atoms with van der Waals surface area (Å²) in [6.45, 7) is 36.0. The zero-order valence-corrected chi connectivity index (χ0v) is 53.3. The maximum Gasteiger partial charge on any atom is 0.192 e. The fourth-order valence-electron chi connectivity index (χ4n) is 8.76. The van der Waals surface area contributed by atoms with Crippen LogP contribution in [0.1, 0.15) is 84.6 Å². The number of hydrogen-bond donors (Lipinski definition) is 0. The van der Waals surface area contributed by atoms with Crippen molar-refractivity contribution in [2.45, 2.75) is 209 Å². The summed E-state index contributed by atoms with van der Waals surface area (Å²) in [7, 11) is -7.66. The average molecular weight is 1140 g/mol. The lowest BCUT2D eigenvalue weighted by Crippen LogP contribution is -2.68. The van der Waals surface area contributed by atoms with Gasteiger partial charge < -0.3 is 46.4 Å². The Bertz CT molecular complexity index is 2520. The molecule has 10 nitrogen and oxygen atoms in total. The van der Waals surface area contributed by atoms with Crippen LogP contribution in [0.3, 0.4) is 0 Å². The third-order valence-corrected chi connectivity index (χ3v) is 31.1. The van der Waals surface area contributed by atoms with Gasteiger partial charge in [-0.2, -0.15) is 0 Å². The molecule has 14 heteroatoms. The minimum Gasteiger partial charge on any atom is -0.408 e. The van der Waals surface area contributed by atoms with Gasteiger partial charge in [-0.3, -0.25) is 0 Å². The Balaban J connectivity index is 1.34. The number of ether oxygens (including phenoxy) is 7. The second-order valence-corrected chi connectivity index (χ2v) is 41.1. The van der Waals surface area contributed by atoms with E-state index >= 15 is 0 Å². The van der Waals surface area contributed by atoms with Crippen LogP contribution in [0.25, 0.3) is 0 Å². The van der Waals surface area contributed by atoms with E-state index in [2.05, 4.69) is 162 Å². The molecule has 0 aliphatic carbocycles. The summed E-state index contributed by atoms with van der Waals surface area (Å²) in [4.78, 5) is 1.04. The van der Waals surface area contributed by atoms with Crippen molar-refractivity contribution in [1.29, 1.82) is 0 Å². The van der Waals surface area contributed by atoms with Crippen LogP contribution in [-0.4, -0.2) is 98.7 Å². The number of rotatable bonds is 24. The summed E-state index contributed by atoms with van der Waals surface area (Å²) in [5.41, 5.74) is 3.65. The molecule has 2 aliphatic heterocycles. The van der Waals surface area contributed by atoms with Crippen molar-refractivity contribution in [2.75, 3.05) is 13.2 Å². The number of benzene rings is 5. The summed E-state index contributed by atoms with van der Waals surface area (Å²) in [5.74, 6) is 0. The monoisotopic (exact) mass is 1140 g/mol. The molecule has 2 saturated heterocycles. The minimum absolute atomic E-state index is 0.0715. The Morgan fingerprint density at radius 1 is 0.372 bits per heavy atom. The molecule has 0 spiro atoms. The fourth-order valence-corrected chi connectivity index (χ4v) is 13.8. The van der Waals surface area contributed by atoms with Crippen LogP contribution in [-0.2, 0) is 72.9 Å². The summed E-state index contributed by atoms with van der Waals surface area (Å²) < 4.78 is 73.5. The maximum absolute atomic E-state index is 7.79. The predicted molar refractivity (Wildman–Crippen MR) is 323 cm³/mol. The van der Waals surface area contributed by atoms with Crippen molar-refractivity contribution in [3.8, 4) is 0 Å². The van der Waals surface area contributed by atoms with Gasteiger partial charge >= 0.3 is 0 Å². The first kappa shape index (κ1) is 62.3. The molecule has 0 amide bonds. The van der Waals surface area contributed by atoms with E-state index in [1.54, 1.807) is 11.8 Å². The summed E-state index contributed by atoms with van der Waals surface area (Å²) >= 11 is 1.62. The van der Waals surface area contributed by atoms with Gasteiger partial charge in [0.05, 0.1) is 39.6 Å². The quantitative estimate of drug-likeness (QED) is 0.0553. The van der Waals surface area contributed by atoms with Gasteiger partial charge in [0.2, 0.25) is 0 Å². The molecule has 0 bridgehead atoms. The Morgan fingerprint density at radius 3 is 1.17 bits per heavy atom. The topological polar surface area (TPSA) is 92.3 Å². The summed E-state index contributed by atoms with van der Waals surface area (Å²) in [6.07, 6.45) is -5.82. The van der Waals surface area contributed by atoms with Crippen LogP contribution in [0.5, 0.6) is 0 Å². The lowest BCUT2D eigenvalue weighted by Gasteiger charge is -2.54. The van der Waals surface area contributed by atoms with Crippen molar-refractivity contribution < 1.29 is 46.4 Å². The normalized spacial score (nSPS) is 24.8. The number of hydrogen-bond acceptors (Lipinski definition) is 11. The van der Waals surface area contributed by atoms with E-state index in [4.69, 9.17) is 46.4 Å². The van der Waals surface area contributed by atoms with Crippen LogP contribution >= 0.6 is 11.8 Å². The molecule has 78 heavy (non-hydrogen) atoms. The van der Waals surface area contributed by atoms with E-state index in [0.29, 0.717) is 26.4 Å². The van der Waals surface area contributed by atoms with Gasteiger partial charge in [0.25, 0.3) is 0 Å².